The number of hydrogen-bond donors (Lipinski definition) is 2. The minimum atomic E-state index is -0.840. The Bertz CT molecular complexity index is 431. The zero-order valence-corrected chi connectivity index (χ0v) is 13.3. The number of carbonyl (C=O) groups is 2. The average molecular weight is 312 g/mol. The molecule has 0 aromatic rings. The fourth-order valence-electron chi connectivity index (χ4n) is 4.37. The zero-order valence-electron chi connectivity index (χ0n) is 12.5. The Morgan fingerprint density at radius 2 is 2.05 bits per heavy atom. The quantitative estimate of drug-likeness (QED) is 0.838. The second-order valence-corrected chi connectivity index (χ2v) is 7.75. The lowest BCUT2D eigenvalue weighted by Gasteiger charge is -2.26. The highest BCUT2D eigenvalue weighted by Crippen LogP contribution is 2.42. The standard InChI is InChI=1S/C15H24N2O3S/c1-21-11-6-5-10(7-11)16-15(20)17-8-9-3-2-4-12(9)13(17)14(18)19/h9-13H,2-8H2,1H3,(H,16,20)(H,18,19). The molecule has 3 aliphatic rings. The van der Waals surface area contributed by atoms with Crippen molar-refractivity contribution in [3.05, 3.63) is 0 Å². The third-order valence-corrected chi connectivity index (χ3v) is 6.54. The van der Waals surface area contributed by atoms with Crippen molar-refractivity contribution in [1.29, 1.82) is 0 Å². The number of rotatable bonds is 3. The van der Waals surface area contributed by atoms with Crippen LogP contribution < -0.4 is 5.32 Å². The summed E-state index contributed by atoms with van der Waals surface area (Å²) in [7, 11) is 0. The van der Waals surface area contributed by atoms with Gasteiger partial charge in [-0.25, -0.2) is 9.59 Å². The number of nitrogens with zero attached hydrogens (tertiary/aromatic N) is 1. The van der Waals surface area contributed by atoms with Gasteiger partial charge < -0.3 is 15.3 Å². The summed E-state index contributed by atoms with van der Waals surface area (Å²) in [6, 6.07) is -0.566. The average Bonchev–Trinajstić information content (AvgIpc) is 3.11. The van der Waals surface area contributed by atoms with Crippen LogP contribution in [-0.2, 0) is 4.79 Å². The molecule has 1 heterocycles. The summed E-state index contributed by atoms with van der Waals surface area (Å²) in [6.07, 6.45) is 8.38. The predicted molar refractivity (Wildman–Crippen MR) is 82.4 cm³/mol. The second-order valence-electron chi connectivity index (χ2n) is 6.61. The van der Waals surface area contributed by atoms with Gasteiger partial charge in [0, 0.05) is 17.8 Å². The van der Waals surface area contributed by atoms with Crippen LogP contribution in [-0.4, -0.2) is 52.1 Å². The SMILES string of the molecule is CSC1CCC(NC(=O)N2CC3CCCC3C2C(=O)O)C1. The van der Waals surface area contributed by atoms with Gasteiger partial charge >= 0.3 is 12.0 Å². The van der Waals surface area contributed by atoms with Gasteiger partial charge in [-0.1, -0.05) is 6.42 Å². The molecule has 2 amide bonds. The highest BCUT2D eigenvalue weighted by Gasteiger charge is 2.49. The number of amides is 2. The van der Waals surface area contributed by atoms with Gasteiger partial charge in [-0.05, 0) is 50.2 Å². The van der Waals surface area contributed by atoms with Crippen LogP contribution in [0.15, 0.2) is 0 Å². The molecule has 2 aliphatic carbocycles. The maximum atomic E-state index is 12.5. The van der Waals surface area contributed by atoms with E-state index in [9.17, 15) is 14.7 Å². The van der Waals surface area contributed by atoms with Crippen LogP contribution in [0.5, 0.6) is 0 Å². The normalized spacial score (nSPS) is 38.5. The van der Waals surface area contributed by atoms with Crippen LogP contribution in [0, 0.1) is 11.8 Å². The van der Waals surface area contributed by atoms with Crippen LogP contribution in [0.1, 0.15) is 38.5 Å². The molecule has 0 bridgehead atoms. The van der Waals surface area contributed by atoms with E-state index in [4.69, 9.17) is 0 Å². The number of carboxylic acid groups (broad SMARTS) is 1. The van der Waals surface area contributed by atoms with Gasteiger partial charge in [0.2, 0.25) is 0 Å². The summed E-state index contributed by atoms with van der Waals surface area (Å²) < 4.78 is 0. The van der Waals surface area contributed by atoms with Gasteiger partial charge in [-0.3, -0.25) is 0 Å². The highest BCUT2D eigenvalue weighted by molar-refractivity contribution is 7.99. The van der Waals surface area contributed by atoms with E-state index in [1.165, 1.54) is 0 Å². The van der Waals surface area contributed by atoms with Crippen molar-refractivity contribution in [1.82, 2.24) is 10.2 Å². The molecule has 5 unspecified atom stereocenters. The number of carbonyl (C=O) groups excluding carboxylic acids is 1. The molecule has 1 aliphatic heterocycles. The first-order chi connectivity index (χ1) is 10.1. The van der Waals surface area contributed by atoms with E-state index >= 15 is 0 Å². The van der Waals surface area contributed by atoms with Crippen molar-refractivity contribution < 1.29 is 14.7 Å². The lowest BCUT2D eigenvalue weighted by Crippen LogP contribution is -2.50. The van der Waals surface area contributed by atoms with E-state index < -0.39 is 12.0 Å². The summed E-state index contributed by atoms with van der Waals surface area (Å²) in [5.41, 5.74) is 0. The van der Waals surface area contributed by atoms with Crippen LogP contribution in [0.3, 0.4) is 0 Å². The molecule has 0 aromatic heterocycles. The Balaban J connectivity index is 1.62. The lowest BCUT2D eigenvalue weighted by atomic mass is 9.94. The maximum Gasteiger partial charge on any atom is 0.326 e. The maximum absolute atomic E-state index is 12.5. The molecule has 118 valence electrons. The van der Waals surface area contributed by atoms with Crippen molar-refractivity contribution in [2.24, 2.45) is 11.8 Å². The molecule has 3 fully saturated rings. The van der Waals surface area contributed by atoms with Crippen LogP contribution >= 0.6 is 11.8 Å². The Hall–Kier alpha value is -0.910. The summed E-state index contributed by atoms with van der Waals surface area (Å²) in [4.78, 5) is 25.6. The zero-order chi connectivity index (χ0) is 15.0. The highest BCUT2D eigenvalue weighted by atomic mass is 32.2. The van der Waals surface area contributed by atoms with Crippen molar-refractivity contribution >= 4 is 23.8 Å². The van der Waals surface area contributed by atoms with Crippen LogP contribution in [0.2, 0.25) is 0 Å². The molecule has 5 atom stereocenters. The minimum Gasteiger partial charge on any atom is -0.480 e. The van der Waals surface area contributed by atoms with Crippen molar-refractivity contribution in [2.45, 2.75) is 55.9 Å². The molecule has 3 rings (SSSR count). The Morgan fingerprint density at radius 1 is 1.24 bits per heavy atom. The topological polar surface area (TPSA) is 69.6 Å². The Labute approximate surface area is 129 Å². The molecular formula is C15H24N2O3S. The number of thioether (sulfide) groups is 1. The van der Waals surface area contributed by atoms with Crippen molar-refractivity contribution in [3.63, 3.8) is 0 Å². The number of urea groups is 1. The van der Waals surface area contributed by atoms with Crippen LogP contribution in [0.25, 0.3) is 0 Å². The molecule has 0 radical (unpaired) electrons. The first-order valence-electron chi connectivity index (χ1n) is 7.93. The second kappa shape index (κ2) is 6.07. The van der Waals surface area contributed by atoms with E-state index in [1.54, 1.807) is 4.90 Å². The molecule has 2 N–H and O–H groups in total. The van der Waals surface area contributed by atoms with Gasteiger partial charge in [-0.2, -0.15) is 11.8 Å². The molecule has 2 saturated carbocycles. The van der Waals surface area contributed by atoms with E-state index in [1.807, 2.05) is 11.8 Å². The van der Waals surface area contributed by atoms with E-state index in [0.29, 0.717) is 17.7 Å². The number of nitrogens with one attached hydrogen (secondary N) is 1. The first-order valence-corrected chi connectivity index (χ1v) is 9.21. The Kier molecular flexibility index (Phi) is 4.33. The van der Waals surface area contributed by atoms with Gasteiger partial charge in [-0.15, -0.1) is 0 Å². The molecule has 6 heteroatoms. The number of likely N-dealkylation sites (tertiary alicyclic amines) is 1. The number of hydrogen-bond acceptors (Lipinski definition) is 3. The molecule has 5 nitrogen and oxygen atoms in total. The van der Waals surface area contributed by atoms with Gasteiger partial charge in [0.25, 0.3) is 0 Å². The van der Waals surface area contributed by atoms with Crippen LogP contribution in [0.4, 0.5) is 4.79 Å². The fourth-order valence-corrected chi connectivity index (χ4v) is 5.17. The van der Waals surface area contributed by atoms with Gasteiger partial charge in [0.15, 0.2) is 0 Å². The first kappa shape index (κ1) is 15.0. The molecule has 21 heavy (non-hydrogen) atoms. The van der Waals surface area contributed by atoms with E-state index in [2.05, 4.69) is 11.6 Å². The molecule has 0 aromatic carbocycles. The summed E-state index contributed by atoms with van der Waals surface area (Å²) in [6.45, 7) is 0.617. The van der Waals surface area contributed by atoms with Crippen molar-refractivity contribution in [3.8, 4) is 0 Å². The monoisotopic (exact) mass is 312 g/mol. The third kappa shape index (κ3) is 2.87. The summed E-state index contributed by atoms with van der Waals surface area (Å²) >= 11 is 1.86. The fraction of sp³-hybridized carbons (Fsp3) is 0.867. The number of aliphatic carboxylic acids is 1. The van der Waals surface area contributed by atoms with E-state index in [0.717, 1.165) is 38.5 Å². The van der Waals surface area contributed by atoms with Crippen molar-refractivity contribution in [2.75, 3.05) is 12.8 Å². The summed E-state index contributed by atoms with van der Waals surface area (Å²) in [5.74, 6) is -0.289. The lowest BCUT2D eigenvalue weighted by molar-refractivity contribution is -0.142. The predicted octanol–water partition coefficient (Wildman–Crippen LogP) is 2.17. The third-order valence-electron chi connectivity index (χ3n) is 5.45. The minimum absolute atomic E-state index is 0.163. The summed E-state index contributed by atoms with van der Waals surface area (Å²) in [5, 5.41) is 13.2. The van der Waals surface area contributed by atoms with E-state index in [-0.39, 0.29) is 18.0 Å². The largest absolute Gasteiger partial charge is 0.480 e. The number of fused-ring (bicyclic) bond motifs is 1. The molecule has 1 saturated heterocycles. The molecule has 0 spiro atoms. The number of carboxylic acids is 1. The van der Waals surface area contributed by atoms with Gasteiger partial charge in [0.1, 0.15) is 6.04 Å². The molecular weight excluding hydrogens is 288 g/mol. The van der Waals surface area contributed by atoms with Gasteiger partial charge in [0.05, 0.1) is 0 Å². The smallest absolute Gasteiger partial charge is 0.326 e. The Morgan fingerprint density at radius 3 is 2.71 bits per heavy atom.